The minimum atomic E-state index is -0.0253. The number of piperidine rings is 1. The molecule has 4 heteroatoms. The Kier molecular flexibility index (Phi) is 5.62. The average molecular weight is 290 g/mol. The third kappa shape index (κ3) is 3.76. The minimum Gasteiger partial charge on any atom is -0.492 e. The van der Waals surface area contributed by atoms with E-state index in [1.165, 1.54) is 19.3 Å². The monoisotopic (exact) mass is 290 g/mol. The van der Waals surface area contributed by atoms with Crippen LogP contribution >= 0.6 is 0 Å². The highest BCUT2D eigenvalue weighted by Crippen LogP contribution is 2.25. The largest absolute Gasteiger partial charge is 0.492 e. The average Bonchev–Trinajstić information content (AvgIpc) is 2.51. The van der Waals surface area contributed by atoms with E-state index in [0.29, 0.717) is 23.6 Å². The maximum absolute atomic E-state index is 12.8. The molecule has 0 amide bonds. The van der Waals surface area contributed by atoms with Gasteiger partial charge in [-0.25, -0.2) is 0 Å². The molecule has 0 aliphatic carbocycles. The van der Waals surface area contributed by atoms with E-state index in [0.717, 1.165) is 19.5 Å². The Hall–Kier alpha value is -1.55. The van der Waals surface area contributed by atoms with Crippen molar-refractivity contribution in [1.29, 1.82) is 0 Å². The second kappa shape index (κ2) is 7.46. The molecule has 1 aliphatic rings. The molecule has 0 spiro atoms. The number of Topliss-reactive ketones (excluding diaryl/α,β-unsaturated/α-hetero) is 1. The van der Waals surface area contributed by atoms with Crippen molar-refractivity contribution in [3.63, 3.8) is 0 Å². The Morgan fingerprint density at radius 1 is 1.29 bits per heavy atom. The minimum absolute atomic E-state index is 0.0253. The number of nitrogen functional groups attached to an aromatic ring is 1. The standard InChI is InChI=1S/C17H26N2O2/c1-3-15(19-10-6-5-7-11-19)17(20)13-8-9-16(21-4-2)14(18)12-13/h8-9,12,15H,3-7,10-11,18H2,1-2H3. The first-order chi connectivity index (χ1) is 10.2. The molecule has 0 bridgehead atoms. The van der Waals surface area contributed by atoms with Crippen LogP contribution in [0.4, 0.5) is 5.69 Å². The van der Waals surface area contributed by atoms with Gasteiger partial charge in [-0.2, -0.15) is 0 Å². The lowest BCUT2D eigenvalue weighted by Crippen LogP contribution is -2.43. The van der Waals surface area contributed by atoms with Gasteiger partial charge < -0.3 is 10.5 Å². The molecule has 1 aromatic rings. The summed E-state index contributed by atoms with van der Waals surface area (Å²) in [5.41, 5.74) is 7.20. The van der Waals surface area contributed by atoms with Crippen molar-refractivity contribution in [2.24, 2.45) is 0 Å². The van der Waals surface area contributed by atoms with E-state index in [1.807, 2.05) is 13.0 Å². The lowest BCUT2D eigenvalue weighted by Gasteiger charge is -2.33. The highest BCUT2D eigenvalue weighted by Gasteiger charge is 2.26. The lowest BCUT2D eigenvalue weighted by atomic mass is 9.98. The van der Waals surface area contributed by atoms with Crippen LogP contribution in [0.1, 0.15) is 49.9 Å². The highest BCUT2D eigenvalue weighted by molar-refractivity contribution is 6.01. The normalized spacial score (nSPS) is 17.4. The van der Waals surface area contributed by atoms with Gasteiger partial charge >= 0.3 is 0 Å². The van der Waals surface area contributed by atoms with Crippen molar-refractivity contribution in [3.8, 4) is 5.75 Å². The van der Waals surface area contributed by atoms with Gasteiger partial charge in [0.15, 0.2) is 5.78 Å². The maximum Gasteiger partial charge on any atom is 0.180 e. The summed E-state index contributed by atoms with van der Waals surface area (Å²) in [6.07, 6.45) is 4.49. The van der Waals surface area contributed by atoms with Crippen molar-refractivity contribution >= 4 is 11.5 Å². The van der Waals surface area contributed by atoms with Crippen LogP contribution in [-0.4, -0.2) is 36.4 Å². The number of anilines is 1. The second-order valence-corrected chi connectivity index (χ2v) is 5.57. The summed E-state index contributed by atoms with van der Waals surface area (Å²) in [6.45, 7) is 6.62. The van der Waals surface area contributed by atoms with Crippen molar-refractivity contribution in [3.05, 3.63) is 23.8 Å². The van der Waals surface area contributed by atoms with E-state index in [-0.39, 0.29) is 11.8 Å². The van der Waals surface area contributed by atoms with Crippen LogP contribution in [0.5, 0.6) is 5.75 Å². The van der Waals surface area contributed by atoms with E-state index in [1.54, 1.807) is 12.1 Å². The Bertz CT molecular complexity index is 482. The van der Waals surface area contributed by atoms with Gasteiger partial charge in [-0.15, -0.1) is 0 Å². The number of rotatable bonds is 6. The Labute approximate surface area is 127 Å². The van der Waals surface area contributed by atoms with Gasteiger partial charge in [0.25, 0.3) is 0 Å². The van der Waals surface area contributed by atoms with Crippen LogP contribution in [0.3, 0.4) is 0 Å². The number of nitrogens with two attached hydrogens (primary N) is 1. The molecule has 0 aromatic heterocycles. The van der Waals surface area contributed by atoms with Crippen LogP contribution < -0.4 is 10.5 Å². The molecular formula is C17H26N2O2. The van der Waals surface area contributed by atoms with E-state index in [9.17, 15) is 4.79 Å². The number of nitrogens with zero attached hydrogens (tertiary/aromatic N) is 1. The van der Waals surface area contributed by atoms with Crippen molar-refractivity contribution in [2.45, 2.75) is 45.6 Å². The molecule has 116 valence electrons. The molecule has 1 heterocycles. The van der Waals surface area contributed by atoms with Crippen molar-refractivity contribution in [2.75, 3.05) is 25.4 Å². The van der Waals surface area contributed by atoms with Gasteiger partial charge in [-0.05, 0) is 57.5 Å². The summed E-state index contributed by atoms with van der Waals surface area (Å²) in [5.74, 6) is 0.828. The first kappa shape index (κ1) is 15.8. The number of hydrogen-bond acceptors (Lipinski definition) is 4. The van der Waals surface area contributed by atoms with Gasteiger partial charge in [0.05, 0.1) is 18.3 Å². The van der Waals surface area contributed by atoms with Crippen LogP contribution in [0.25, 0.3) is 0 Å². The Morgan fingerprint density at radius 3 is 2.57 bits per heavy atom. The fourth-order valence-corrected chi connectivity index (χ4v) is 3.02. The maximum atomic E-state index is 12.8. The number of benzene rings is 1. The second-order valence-electron chi connectivity index (χ2n) is 5.57. The number of carbonyl (C=O) groups excluding carboxylic acids is 1. The summed E-state index contributed by atoms with van der Waals surface area (Å²) in [7, 11) is 0. The van der Waals surface area contributed by atoms with Gasteiger partial charge in [0, 0.05) is 5.56 Å². The fourth-order valence-electron chi connectivity index (χ4n) is 3.02. The Balaban J connectivity index is 2.15. The molecule has 0 radical (unpaired) electrons. The number of ether oxygens (including phenoxy) is 1. The summed E-state index contributed by atoms with van der Waals surface area (Å²) in [4.78, 5) is 15.1. The first-order valence-corrected chi connectivity index (χ1v) is 7.98. The molecule has 0 saturated carbocycles. The molecule has 21 heavy (non-hydrogen) atoms. The summed E-state index contributed by atoms with van der Waals surface area (Å²) >= 11 is 0. The SMILES string of the molecule is CCOc1ccc(C(=O)C(CC)N2CCCCC2)cc1N. The zero-order valence-electron chi connectivity index (χ0n) is 13.1. The number of hydrogen-bond donors (Lipinski definition) is 1. The van der Waals surface area contributed by atoms with E-state index < -0.39 is 0 Å². The van der Waals surface area contributed by atoms with Crippen molar-refractivity contribution < 1.29 is 9.53 Å². The zero-order chi connectivity index (χ0) is 15.2. The van der Waals surface area contributed by atoms with Crippen LogP contribution in [0.15, 0.2) is 18.2 Å². The van der Waals surface area contributed by atoms with Gasteiger partial charge in [0.1, 0.15) is 5.75 Å². The molecule has 2 rings (SSSR count). The predicted octanol–water partition coefficient (Wildman–Crippen LogP) is 3.11. The number of ketones is 1. The van der Waals surface area contributed by atoms with Gasteiger partial charge in [-0.3, -0.25) is 9.69 Å². The molecular weight excluding hydrogens is 264 g/mol. The fraction of sp³-hybridized carbons (Fsp3) is 0.588. The molecule has 1 aliphatic heterocycles. The third-order valence-electron chi connectivity index (χ3n) is 4.11. The third-order valence-corrected chi connectivity index (χ3v) is 4.11. The highest BCUT2D eigenvalue weighted by atomic mass is 16.5. The molecule has 1 saturated heterocycles. The topological polar surface area (TPSA) is 55.6 Å². The zero-order valence-corrected chi connectivity index (χ0v) is 13.1. The Morgan fingerprint density at radius 2 is 2.00 bits per heavy atom. The van der Waals surface area contributed by atoms with Crippen molar-refractivity contribution in [1.82, 2.24) is 4.90 Å². The first-order valence-electron chi connectivity index (χ1n) is 7.98. The number of likely N-dealkylation sites (tertiary alicyclic amines) is 1. The summed E-state index contributed by atoms with van der Waals surface area (Å²) < 4.78 is 5.43. The van der Waals surface area contributed by atoms with Crippen LogP contribution in [0.2, 0.25) is 0 Å². The lowest BCUT2D eigenvalue weighted by molar-refractivity contribution is 0.0777. The molecule has 1 fully saturated rings. The summed E-state index contributed by atoms with van der Waals surface area (Å²) in [6, 6.07) is 5.35. The number of carbonyl (C=O) groups is 1. The molecule has 2 N–H and O–H groups in total. The van der Waals surface area contributed by atoms with Gasteiger partial charge in [0.2, 0.25) is 0 Å². The quantitative estimate of drug-likeness (QED) is 0.646. The molecule has 1 aromatic carbocycles. The summed E-state index contributed by atoms with van der Waals surface area (Å²) in [5, 5.41) is 0. The van der Waals surface area contributed by atoms with Crippen LogP contribution in [0, 0.1) is 0 Å². The smallest absolute Gasteiger partial charge is 0.180 e. The van der Waals surface area contributed by atoms with Crippen LogP contribution in [-0.2, 0) is 0 Å². The predicted molar refractivity (Wildman–Crippen MR) is 85.9 cm³/mol. The van der Waals surface area contributed by atoms with E-state index >= 15 is 0 Å². The van der Waals surface area contributed by atoms with E-state index in [4.69, 9.17) is 10.5 Å². The van der Waals surface area contributed by atoms with E-state index in [2.05, 4.69) is 11.8 Å². The molecule has 1 unspecified atom stereocenters. The molecule has 4 nitrogen and oxygen atoms in total. The van der Waals surface area contributed by atoms with Gasteiger partial charge in [-0.1, -0.05) is 13.3 Å². The molecule has 1 atom stereocenters.